The Morgan fingerprint density at radius 2 is 1.82 bits per heavy atom. The summed E-state index contributed by atoms with van der Waals surface area (Å²) in [5, 5.41) is 5.60. The number of thiophene rings is 1. The zero-order valence-electron chi connectivity index (χ0n) is 15.1. The highest BCUT2D eigenvalue weighted by Crippen LogP contribution is 2.23. The topological polar surface area (TPSA) is 96.6 Å². The van der Waals surface area contributed by atoms with Crippen LogP contribution in [-0.4, -0.2) is 59.8 Å². The van der Waals surface area contributed by atoms with E-state index in [0.717, 1.165) is 5.56 Å². The van der Waals surface area contributed by atoms with Crippen molar-refractivity contribution >= 4 is 27.3 Å². The molecule has 0 atom stereocenters. The zero-order chi connectivity index (χ0) is 19.7. The van der Waals surface area contributed by atoms with Crippen LogP contribution < -0.4 is 0 Å². The molecule has 0 bridgehead atoms. The Morgan fingerprint density at radius 1 is 1.11 bits per heavy atom. The lowest BCUT2D eigenvalue weighted by Crippen LogP contribution is -2.50. The van der Waals surface area contributed by atoms with Crippen LogP contribution in [0.25, 0.3) is 11.4 Å². The second kappa shape index (κ2) is 7.46. The van der Waals surface area contributed by atoms with Crippen LogP contribution in [0.1, 0.15) is 16.2 Å². The van der Waals surface area contributed by atoms with Crippen LogP contribution in [0.3, 0.4) is 0 Å². The fourth-order valence-electron chi connectivity index (χ4n) is 3.03. The lowest BCUT2D eigenvalue weighted by atomic mass is 10.1. The van der Waals surface area contributed by atoms with Crippen LogP contribution in [0.15, 0.2) is 50.5 Å². The number of benzene rings is 1. The summed E-state index contributed by atoms with van der Waals surface area (Å²) in [4.78, 5) is 18.6. The van der Waals surface area contributed by atoms with Gasteiger partial charge in [-0.3, -0.25) is 4.79 Å². The number of piperazine rings is 1. The molecule has 0 spiro atoms. The van der Waals surface area contributed by atoms with Gasteiger partial charge in [-0.2, -0.15) is 9.29 Å². The van der Waals surface area contributed by atoms with Gasteiger partial charge in [0.05, 0.1) is 0 Å². The number of nitrogens with zero attached hydrogens (tertiary/aromatic N) is 4. The SMILES string of the molecule is Cc1nc(-c2ccc(C(=O)N3CCN(S(=O)(=O)c4cccs4)CC3)cc2)no1. The summed E-state index contributed by atoms with van der Waals surface area (Å²) >= 11 is 1.20. The van der Waals surface area contributed by atoms with Gasteiger partial charge in [-0.05, 0) is 23.6 Å². The summed E-state index contributed by atoms with van der Waals surface area (Å²) in [6.07, 6.45) is 0. The van der Waals surface area contributed by atoms with Crippen molar-refractivity contribution < 1.29 is 17.7 Å². The minimum absolute atomic E-state index is 0.121. The van der Waals surface area contributed by atoms with E-state index in [1.807, 2.05) is 0 Å². The first-order valence-electron chi connectivity index (χ1n) is 8.69. The molecule has 2 aromatic heterocycles. The number of aromatic nitrogens is 2. The number of hydrogen-bond acceptors (Lipinski definition) is 7. The lowest BCUT2D eigenvalue weighted by molar-refractivity contribution is 0.0698. The Morgan fingerprint density at radius 3 is 2.39 bits per heavy atom. The molecule has 0 saturated carbocycles. The van der Waals surface area contributed by atoms with Crippen molar-refractivity contribution in [1.82, 2.24) is 19.3 Å². The minimum Gasteiger partial charge on any atom is -0.339 e. The fraction of sp³-hybridized carbons (Fsp3) is 0.278. The van der Waals surface area contributed by atoms with Crippen LogP contribution in [0.4, 0.5) is 0 Å². The van der Waals surface area contributed by atoms with Crippen molar-refractivity contribution in [2.75, 3.05) is 26.2 Å². The summed E-state index contributed by atoms with van der Waals surface area (Å²) in [5.41, 5.74) is 1.30. The Kier molecular flexibility index (Phi) is 5.00. The van der Waals surface area contributed by atoms with E-state index in [-0.39, 0.29) is 19.0 Å². The van der Waals surface area contributed by atoms with Gasteiger partial charge in [0.2, 0.25) is 11.7 Å². The number of amides is 1. The smallest absolute Gasteiger partial charge is 0.253 e. The summed E-state index contributed by atoms with van der Waals surface area (Å²) < 4.78 is 31.9. The first-order valence-corrected chi connectivity index (χ1v) is 11.0. The van der Waals surface area contributed by atoms with Crippen molar-refractivity contribution in [2.45, 2.75) is 11.1 Å². The van der Waals surface area contributed by atoms with E-state index < -0.39 is 10.0 Å². The van der Waals surface area contributed by atoms with Crippen LogP contribution >= 0.6 is 11.3 Å². The number of carbonyl (C=O) groups is 1. The van der Waals surface area contributed by atoms with E-state index in [2.05, 4.69) is 10.1 Å². The predicted molar refractivity (Wildman–Crippen MR) is 103 cm³/mol. The maximum atomic E-state index is 12.7. The number of rotatable bonds is 4. The van der Waals surface area contributed by atoms with Gasteiger partial charge in [0.15, 0.2) is 0 Å². The zero-order valence-corrected chi connectivity index (χ0v) is 16.7. The summed E-state index contributed by atoms with van der Waals surface area (Å²) in [7, 11) is -3.48. The van der Waals surface area contributed by atoms with Gasteiger partial charge >= 0.3 is 0 Å². The third kappa shape index (κ3) is 3.58. The highest BCUT2D eigenvalue weighted by Gasteiger charge is 2.31. The van der Waals surface area contributed by atoms with Crippen molar-refractivity contribution in [2.24, 2.45) is 0 Å². The molecule has 146 valence electrons. The first kappa shape index (κ1) is 18.8. The van der Waals surface area contributed by atoms with Gasteiger partial charge in [-0.1, -0.05) is 23.4 Å². The third-order valence-corrected chi connectivity index (χ3v) is 7.80. The van der Waals surface area contributed by atoms with E-state index in [1.165, 1.54) is 15.6 Å². The molecular formula is C18H18N4O4S2. The molecular weight excluding hydrogens is 400 g/mol. The highest BCUT2D eigenvalue weighted by atomic mass is 32.2. The van der Waals surface area contributed by atoms with Gasteiger partial charge in [0.1, 0.15) is 4.21 Å². The van der Waals surface area contributed by atoms with E-state index in [4.69, 9.17) is 4.52 Å². The second-order valence-electron chi connectivity index (χ2n) is 6.34. The summed E-state index contributed by atoms with van der Waals surface area (Å²) in [5.74, 6) is 0.832. The van der Waals surface area contributed by atoms with E-state index in [1.54, 1.807) is 53.6 Å². The Labute approximate surface area is 166 Å². The van der Waals surface area contributed by atoms with E-state index >= 15 is 0 Å². The highest BCUT2D eigenvalue weighted by molar-refractivity contribution is 7.91. The molecule has 0 unspecified atom stereocenters. The third-order valence-electron chi connectivity index (χ3n) is 4.53. The molecule has 3 heterocycles. The van der Waals surface area contributed by atoms with Crippen molar-refractivity contribution in [3.8, 4) is 11.4 Å². The molecule has 10 heteroatoms. The van der Waals surface area contributed by atoms with Gasteiger partial charge in [-0.25, -0.2) is 8.42 Å². The minimum atomic E-state index is -3.48. The molecule has 4 rings (SSSR count). The molecule has 28 heavy (non-hydrogen) atoms. The molecule has 1 amide bonds. The molecule has 0 N–H and O–H groups in total. The molecule has 0 aliphatic carbocycles. The van der Waals surface area contributed by atoms with E-state index in [0.29, 0.717) is 34.6 Å². The largest absolute Gasteiger partial charge is 0.339 e. The quantitative estimate of drug-likeness (QED) is 0.645. The molecule has 1 aliphatic heterocycles. The van der Waals surface area contributed by atoms with Gasteiger partial charge in [-0.15, -0.1) is 11.3 Å². The molecule has 0 radical (unpaired) electrons. The lowest BCUT2D eigenvalue weighted by Gasteiger charge is -2.33. The standard InChI is InChI=1S/C18H18N4O4S2/c1-13-19-17(20-26-13)14-4-6-15(7-5-14)18(23)21-8-10-22(11-9-21)28(24,25)16-3-2-12-27-16/h2-7,12H,8-11H2,1H3. The molecule has 1 saturated heterocycles. The number of hydrogen-bond donors (Lipinski definition) is 0. The average molecular weight is 419 g/mol. The molecule has 8 nitrogen and oxygen atoms in total. The van der Waals surface area contributed by atoms with Crippen LogP contribution in [0.2, 0.25) is 0 Å². The average Bonchev–Trinajstić information content (AvgIpc) is 3.40. The van der Waals surface area contributed by atoms with Crippen molar-refractivity contribution in [3.63, 3.8) is 0 Å². The summed E-state index contributed by atoms with van der Waals surface area (Å²) in [6, 6.07) is 10.3. The van der Waals surface area contributed by atoms with Crippen LogP contribution in [-0.2, 0) is 10.0 Å². The number of sulfonamides is 1. The summed E-state index contributed by atoms with van der Waals surface area (Å²) in [6.45, 7) is 3.00. The Bertz CT molecular complexity index is 1070. The Hall–Kier alpha value is -2.56. The molecule has 1 fully saturated rings. The van der Waals surface area contributed by atoms with Gasteiger partial charge in [0.25, 0.3) is 15.9 Å². The maximum absolute atomic E-state index is 12.7. The van der Waals surface area contributed by atoms with Crippen LogP contribution in [0, 0.1) is 6.92 Å². The number of carbonyl (C=O) groups excluding carboxylic acids is 1. The Balaban J connectivity index is 1.41. The van der Waals surface area contributed by atoms with Gasteiger partial charge < -0.3 is 9.42 Å². The normalized spacial score (nSPS) is 15.7. The maximum Gasteiger partial charge on any atom is 0.253 e. The van der Waals surface area contributed by atoms with Crippen molar-refractivity contribution in [1.29, 1.82) is 0 Å². The number of aryl methyl sites for hydroxylation is 1. The second-order valence-corrected chi connectivity index (χ2v) is 9.46. The monoisotopic (exact) mass is 418 g/mol. The van der Waals surface area contributed by atoms with Crippen molar-refractivity contribution in [3.05, 3.63) is 53.2 Å². The fourth-order valence-corrected chi connectivity index (χ4v) is 5.60. The molecule has 1 aliphatic rings. The predicted octanol–water partition coefficient (Wildman–Crippen LogP) is 2.25. The first-order chi connectivity index (χ1) is 13.4. The van der Waals surface area contributed by atoms with Gasteiger partial charge in [0, 0.05) is 44.2 Å². The molecule has 3 aromatic rings. The van der Waals surface area contributed by atoms with E-state index in [9.17, 15) is 13.2 Å². The van der Waals surface area contributed by atoms with Crippen LogP contribution in [0.5, 0.6) is 0 Å². The molecule has 1 aromatic carbocycles.